The molecule has 11 nitrogen and oxygen atoms in total. The minimum atomic E-state index is -0.531. The van der Waals surface area contributed by atoms with Gasteiger partial charge >= 0.3 is 11.9 Å². The number of nitrogens with zero attached hydrogens (tertiary/aromatic N) is 2. The number of ether oxygens (including phenoxy) is 7. The molecule has 4 aromatic carbocycles. The van der Waals surface area contributed by atoms with Gasteiger partial charge in [-0.3, -0.25) is 0 Å². The summed E-state index contributed by atoms with van der Waals surface area (Å²) in [4.78, 5) is 32.6. The highest BCUT2D eigenvalue weighted by Gasteiger charge is 2.20. The third kappa shape index (κ3) is 31.9. The molecule has 0 aliphatic rings. The van der Waals surface area contributed by atoms with Gasteiger partial charge in [0.25, 0.3) is 0 Å². The Bertz CT molecular complexity index is 2700. The van der Waals surface area contributed by atoms with E-state index in [0.29, 0.717) is 94.4 Å². The SMILES string of the molecule is CCCCCCCCCCCCOc1cc(OCCCCCCCCCCCC)cc(C(=O)Oc2ccc(-c3cc(-c4ccc(OC(=O)c5cc(OCCCCCCCCCCCC)cc(OCCCCCCCCCCCC)c5)cc4)c(C#N)c(OC)n3)cc2)c1. The van der Waals surface area contributed by atoms with E-state index >= 15 is 0 Å². The Morgan fingerprint density at radius 3 is 0.891 bits per heavy atom. The van der Waals surface area contributed by atoms with Crippen molar-refractivity contribution in [2.24, 2.45) is 0 Å². The molecular formula is C81H118N2O9. The van der Waals surface area contributed by atoms with Crippen molar-refractivity contribution in [1.82, 2.24) is 4.98 Å². The second-order valence-corrected chi connectivity index (χ2v) is 25.4. The van der Waals surface area contributed by atoms with Gasteiger partial charge < -0.3 is 33.2 Å². The Kier molecular flexibility index (Phi) is 40.7. The third-order valence-corrected chi connectivity index (χ3v) is 17.3. The van der Waals surface area contributed by atoms with Crippen LogP contribution in [-0.2, 0) is 0 Å². The number of carbonyl (C=O) groups excluding carboxylic acids is 2. The number of hydrogen-bond acceptors (Lipinski definition) is 11. The molecule has 506 valence electrons. The third-order valence-electron chi connectivity index (χ3n) is 17.3. The van der Waals surface area contributed by atoms with Gasteiger partial charge in [-0.15, -0.1) is 0 Å². The highest BCUT2D eigenvalue weighted by atomic mass is 16.5. The van der Waals surface area contributed by atoms with Gasteiger partial charge in [0.2, 0.25) is 5.88 Å². The molecule has 5 rings (SSSR count). The molecule has 1 aromatic heterocycles. The highest BCUT2D eigenvalue weighted by Crippen LogP contribution is 2.36. The lowest BCUT2D eigenvalue weighted by atomic mass is 9.98. The van der Waals surface area contributed by atoms with Crippen molar-refractivity contribution in [3.05, 3.63) is 108 Å². The number of benzene rings is 4. The van der Waals surface area contributed by atoms with Gasteiger partial charge in [-0.05, 0) is 98.0 Å². The minimum Gasteiger partial charge on any atom is -0.493 e. The number of nitriles is 1. The second kappa shape index (κ2) is 49.1. The molecule has 0 fully saturated rings. The van der Waals surface area contributed by atoms with Crippen molar-refractivity contribution in [2.45, 2.75) is 285 Å². The summed E-state index contributed by atoms with van der Waals surface area (Å²) in [5.74, 6) is 2.15. The molecule has 0 atom stereocenters. The van der Waals surface area contributed by atoms with E-state index in [1.807, 2.05) is 42.5 Å². The molecule has 1 heterocycles. The average molecular weight is 1260 g/mol. The quantitative estimate of drug-likeness (QED) is 0.0209. The van der Waals surface area contributed by atoms with Crippen LogP contribution in [-0.4, -0.2) is 50.5 Å². The minimum absolute atomic E-state index is 0.161. The number of hydrogen-bond donors (Lipinski definition) is 0. The Balaban J connectivity index is 1.22. The maximum atomic E-state index is 13.9. The number of methoxy groups -OCH3 is 1. The van der Waals surface area contributed by atoms with E-state index in [1.165, 1.54) is 213 Å². The first-order valence-corrected chi connectivity index (χ1v) is 36.7. The fraction of sp³-hybridized carbons (Fsp3) is 0.605. The molecule has 0 radical (unpaired) electrons. The van der Waals surface area contributed by atoms with Crippen LogP contribution in [0.15, 0.2) is 91.0 Å². The monoisotopic (exact) mass is 1260 g/mol. The first-order chi connectivity index (χ1) is 45.3. The molecule has 0 aliphatic carbocycles. The summed E-state index contributed by atoms with van der Waals surface area (Å²) in [6, 6.07) is 29.0. The Morgan fingerprint density at radius 2 is 0.620 bits per heavy atom. The average Bonchev–Trinajstić information content (AvgIpc) is 0.838. The van der Waals surface area contributed by atoms with Crippen molar-refractivity contribution in [3.8, 4) is 68.8 Å². The summed E-state index contributed by atoms with van der Waals surface area (Å²) < 4.78 is 42.7. The first-order valence-electron chi connectivity index (χ1n) is 36.7. The van der Waals surface area contributed by atoms with Gasteiger partial charge in [0.15, 0.2) is 0 Å². The molecule has 5 aromatic rings. The van der Waals surface area contributed by atoms with Crippen molar-refractivity contribution in [3.63, 3.8) is 0 Å². The zero-order valence-corrected chi connectivity index (χ0v) is 57.8. The number of rotatable bonds is 55. The van der Waals surface area contributed by atoms with Crippen LogP contribution in [0.5, 0.6) is 40.4 Å². The van der Waals surface area contributed by atoms with E-state index in [-0.39, 0.29) is 11.4 Å². The molecule has 92 heavy (non-hydrogen) atoms. The molecule has 0 spiro atoms. The van der Waals surface area contributed by atoms with Gasteiger partial charge in [-0.25, -0.2) is 14.6 Å². The predicted octanol–water partition coefficient (Wildman–Crippen LogP) is 23.9. The van der Waals surface area contributed by atoms with Crippen LogP contribution in [0.4, 0.5) is 0 Å². The number of carbonyl (C=O) groups is 2. The van der Waals surface area contributed by atoms with Crippen molar-refractivity contribution < 1.29 is 42.7 Å². The molecule has 0 N–H and O–H groups in total. The maximum absolute atomic E-state index is 13.9. The maximum Gasteiger partial charge on any atom is 0.343 e. The fourth-order valence-electron chi connectivity index (χ4n) is 11.7. The van der Waals surface area contributed by atoms with Crippen molar-refractivity contribution >= 4 is 11.9 Å². The summed E-state index contributed by atoms with van der Waals surface area (Å²) in [7, 11) is 1.49. The zero-order valence-electron chi connectivity index (χ0n) is 57.8. The highest BCUT2D eigenvalue weighted by molar-refractivity contribution is 5.93. The molecule has 11 heteroatoms. The summed E-state index contributed by atoms with van der Waals surface area (Å²) in [6.07, 6.45) is 49.6. The van der Waals surface area contributed by atoms with Crippen molar-refractivity contribution in [1.29, 1.82) is 5.26 Å². The van der Waals surface area contributed by atoms with Gasteiger partial charge in [-0.1, -0.05) is 271 Å². The van der Waals surface area contributed by atoms with E-state index in [4.69, 9.17) is 38.1 Å². The molecular weight excluding hydrogens is 1140 g/mol. The Labute approximate surface area is 556 Å². The summed E-state index contributed by atoms with van der Waals surface area (Å²) in [5, 5.41) is 10.4. The Morgan fingerprint density at radius 1 is 0.348 bits per heavy atom. The number of aromatic nitrogens is 1. The summed E-state index contributed by atoms with van der Waals surface area (Å²) >= 11 is 0. The van der Waals surface area contributed by atoms with E-state index in [9.17, 15) is 14.9 Å². The zero-order chi connectivity index (χ0) is 65.3. The van der Waals surface area contributed by atoms with Gasteiger partial charge in [0.05, 0.1) is 50.4 Å². The number of pyridine rings is 1. The molecule has 0 bridgehead atoms. The van der Waals surface area contributed by atoms with Crippen LogP contribution in [0, 0.1) is 11.3 Å². The van der Waals surface area contributed by atoms with Crippen LogP contribution < -0.4 is 33.2 Å². The fourth-order valence-corrected chi connectivity index (χ4v) is 11.7. The predicted molar refractivity (Wildman–Crippen MR) is 379 cm³/mol. The van der Waals surface area contributed by atoms with E-state index < -0.39 is 11.9 Å². The van der Waals surface area contributed by atoms with Crippen LogP contribution in [0.1, 0.15) is 311 Å². The van der Waals surface area contributed by atoms with E-state index in [1.54, 1.807) is 48.5 Å². The lowest BCUT2D eigenvalue weighted by Gasteiger charge is -2.14. The lowest BCUT2D eigenvalue weighted by molar-refractivity contribution is 0.0724. The van der Waals surface area contributed by atoms with Crippen LogP contribution in [0.25, 0.3) is 22.4 Å². The molecule has 0 aliphatic heterocycles. The number of unbranched alkanes of at least 4 members (excludes halogenated alkanes) is 36. The standard InChI is InChI=1S/C81H118N2O9/c1-6-10-14-18-22-26-30-34-38-42-54-87-72-58-68(59-73(62-72)88-55-43-39-35-31-27-23-19-15-11-7-2)80(84)91-70-50-46-66(47-51-70)76-64-78(83-79(86-5)77(76)65-82)67-48-52-71(53-49-67)92-81(85)69-60-74(89-56-44-40-36-32-28-24-20-16-12-8-3)63-75(61-69)90-57-45-41-37-33-29-25-21-17-13-9-4/h46-53,58-64H,6-45,54-57H2,1-5H3. The van der Waals surface area contributed by atoms with Gasteiger partial charge in [0.1, 0.15) is 46.1 Å². The first kappa shape index (κ1) is 76.2. The van der Waals surface area contributed by atoms with Crippen LogP contribution in [0.3, 0.4) is 0 Å². The largest absolute Gasteiger partial charge is 0.493 e. The molecule has 0 unspecified atom stereocenters. The van der Waals surface area contributed by atoms with Gasteiger partial charge in [-0.2, -0.15) is 5.26 Å². The second-order valence-electron chi connectivity index (χ2n) is 25.4. The topological polar surface area (TPSA) is 135 Å². The summed E-state index contributed by atoms with van der Waals surface area (Å²) in [5.41, 5.74) is 3.48. The van der Waals surface area contributed by atoms with E-state index in [0.717, 1.165) is 51.4 Å². The molecule has 0 saturated heterocycles. The van der Waals surface area contributed by atoms with Crippen molar-refractivity contribution in [2.75, 3.05) is 33.5 Å². The summed E-state index contributed by atoms with van der Waals surface area (Å²) in [6.45, 7) is 11.3. The lowest BCUT2D eigenvalue weighted by Crippen LogP contribution is -2.10. The van der Waals surface area contributed by atoms with Crippen LogP contribution in [0.2, 0.25) is 0 Å². The number of esters is 2. The molecule has 0 saturated carbocycles. The van der Waals surface area contributed by atoms with Gasteiger partial charge in [0, 0.05) is 23.3 Å². The van der Waals surface area contributed by atoms with Crippen LogP contribution >= 0.6 is 0 Å². The molecule has 0 amide bonds. The Hall–Kier alpha value is -6.54. The van der Waals surface area contributed by atoms with E-state index in [2.05, 4.69) is 33.8 Å². The normalized spacial score (nSPS) is 11.1. The smallest absolute Gasteiger partial charge is 0.343 e.